The first kappa shape index (κ1) is 15.3. The Labute approximate surface area is 128 Å². The fourth-order valence-corrected chi connectivity index (χ4v) is 1.81. The summed E-state index contributed by atoms with van der Waals surface area (Å²) in [4.78, 5) is 16.3. The number of aromatic nitrogens is 1. The first-order valence-corrected chi connectivity index (χ1v) is 6.88. The van der Waals surface area contributed by atoms with Gasteiger partial charge >= 0.3 is 0 Å². The molecule has 0 aliphatic rings. The van der Waals surface area contributed by atoms with E-state index in [1.807, 2.05) is 0 Å². The number of carbonyl (C=O) groups is 1. The van der Waals surface area contributed by atoms with Crippen molar-refractivity contribution in [2.45, 2.75) is 13.0 Å². The van der Waals surface area contributed by atoms with Gasteiger partial charge in [-0.05, 0) is 43.3 Å². The summed E-state index contributed by atoms with van der Waals surface area (Å²) in [5.41, 5.74) is 1.06. The van der Waals surface area contributed by atoms with Crippen LogP contribution in [0.1, 0.15) is 17.3 Å². The second-order valence-corrected chi connectivity index (χ2v) is 5.03. The van der Waals surface area contributed by atoms with Gasteiger partial charge in [0, 0.05) is 23.3 Å². The number of amides is 1. The number of nitrogens with zero attached hydrogens (tertiary/aromatic N) is 1. The number of aliphatic hydroxyl groups is 1. The lowest BCUT2D eigenvalue weighted by Crippen LogP contribution is -2.19. The van der Waals surface area contributed by atoms with Crippen LogP contribution in [0.3, 0.4) is 0 Å². The minimum absolute atomic E-state index is 0.250. The van der Waals surface area contributed by atoms with Crippen LogP contribution in [0.15, 0.2) is 42.6 Å². The molecule has 21 heavy (non-hydrogen) atoms. The number of pyridine rings is 1. The van der Waals surface area contributed by atoms with Gasteiger partial charge in [-0.15, -0.1) is 0 Å². The summed E-state index contributed by atoms with van der Waals surface area (Å²) >= 11 is 5.80. The summed E-state index contributed by atoms with van der Waals surface area (Å²) in [5, 5.41) is 15.6. The quantitative estimate of drug-likeness (QED) is 0.794. The van der Waals surface area contributed by atoms with E-state index in [1.165, 1.54) is 0 Å². The number of carbonyl (C=O) groups excluding carboxylic acids is 1. The van der Waals surface area contributed by atoms with Crippen molar-refractivity contribution >= 4 is 29.0 Å². The van der Waals surface area contributed by atoms with E-state index < -0.39 is 6.10 Å². The molecule has 0 saturated carbocycles. The van der Waals surface area contributed by atoms with Crippen molar-refractivity contribution in [3.05, 3.63) is 53.2 Å². The number of hydrogen-bond donors (Lipinski definition) is 3. The molecule has 0 saturated heterocycles. The normalized spacial score (nSPS) is 11.8. The smallest absolute Gasteiger partial charge is 0.255 e. The van der Waals surface area contributed by atoms with Crippen LogP contribution in [-0.4, -0.2) is 28.6 Å². The summed E-state index contributed by atoms with van der Waals surface area (Å²) in [5.74, 6) is 0.264. The number of halogens is 1. The lowest BCUT2D eigenvalue weighted by Gasteiger charge is -2.13. The molecule has 6 heteroatoms. The Kier molecular flexibility index (Phi) is 5.14. The number of nitrogens with one attached hydrogen (secondary N) is 2. The maximum Gasteiger partial charge on any atom is 0.255 e. The summed E-state index contributed by atoms with van der Waals surface area (Å²) in [6.07, 6.45) is 1.11. The molecule has 0 fully saturated rings. The van der Waals surface area contributed by atoms with E-state index in [2.05, 4.69) is 15.6 Å². The Morgan fingerprint density at radius 1 is 1.33 bits per heavy atom. The van der Waals surface area contributed by atoms with Gasteiger partial charge in [0.05, 0.1) is 11.8 Å². The Morgan fingerprint density at radius 2 is 2.05 bits per heavy atom. The van der Waals surface area contributed by atoms with E-state index >= 15 is 0 Å². The van der Waals surface area contributed by atoms with Crippen LogP contribution in [0.4, 0.5) is 11.5 Å². The van der Waals surface area contributed by atoms with Gasteiger partial charge in [-0.25, -0.2) is 4.98 Å². The van der Waals surface area contributed by atoms with Crippen LogP contribution >= 0.6 is 11.6 Å². The number of hydrogen-bond acceptors (Lipinski definition) is 4. The molecule has 2 aromatic rings. The van der Waals surface area contributed by atoms with E-state index in [1.54, 1.807) is 49.5 Å². The van der Waals surface area contributed by atoms with Crippen LogP contribution in [0.2, 0.25) is 5.02 Å². The van der Waals surface area contributed by atoms with E-state index in [0.29, 0.717) is 28.6 Å². The van der Waals surface area contributed by atoms with Crippen LogP contribution < -0.4 is 10.6 Å². The SMILES string of the molecule is CC(O)CNc1ncccc1NC(=O)c1ccc(Cl)cc1. The van der Waals surface area contributed by atoms with Gasteiger partial charge in [-0.2, -0.15) is 0 Å². The molecule has 110 valence electrons. The molecule has 0 aliphatic carbocycles. The predicted octanol–water partition coefficient (Wildman–Crippen LogP) is 2.78. The summed E-state index contributed by atoms with van der Waals surface area (Å²) in [7, 11) is 0. The average Bonchev–Trinajstić information content (AvgIpc) is 2.47. The fraction of sp³-hybridized carbons (Fsp3) is 0.200. The van der Waals surface area contributed by atoms with E-state index in [4.69, 9.17) is 11.6 Å². The van der Waals surface area contributed by atoms with Crippen LogP contribution in [0.25, 0.3) is 0 Å². The minimum atomic E-state index is -0.508. The van der Waals surface area contributed by atoms with Crippen LogP contribution in [0, 0.1) is 0 Å². The molecule has 0 bridgehead atoms. The van der Waals surface area contributed by atoms with Crippen LogP contribution in [0.5, 0.6) is 0 Å². The highest BCUT2D eigenvalue weighted by Crippen LogP contribution is 2.19. The first-order valence-electron chi connectivity index (χ1n) is 6.50. The van der Waals surface area contributed by atoms with Crippen LogP contribution in [-0.2, 0) is 0 Å². The van der Waals surface area contributed by atoms with E-state index in [0.717, 1.165) is 0 Å². The van der Waals surface area contributed by atoms with Gasteiger partial charge in [0.15, 0.2) is 0 Å². The molecule has 0 spiro atoms. The van der Waals surface area contributed by atoms with Crippen molar-refractivity contribution in [2.75, 3.05) is 17.2 Å². The van der Waals surface area contributed by atoms with Crippen molar-refractivity contribution in [3.8, 4) is 0 Å². The standard InChI is InChI=1S/C15H16ClN3O2/c1-10(20)9-18-14-13(3-2-8-17-14)19-15(21)11-4-6-12(16)7-5-11/h2-8,10,20H,9H2,1H3,(H,17,18)(H,19,21). The highest BCUT2D eigenvalue weighted by molar-refractivity contribution is 6.30. The third-order valence-electron chi connectivity index (χ3n) is 2.73. The molecule has 3 N–H and O–H groups in total. The monoisotopic (exact) mass is 305 g/mol. The molecule has 0 aliphatic heterocycles. The molecular weight excluding hydrogens is 290 g/mol. The van der Waals surface area contributed by atoms with Gasteiger partial charge in [0.25, 0.3) is 5.91 Å². The zero-order chi connectivity index (χ0) is 15.2. The molecule has 2 rings (SSSR count). The Balaban J connectivity index is 2.11. The van der Waals surface area contributed by atoms with Gasteiger partial charge in [-0.1, -0.05) is 11.6 Å². The topological polar surface area (TPSA) is 74.2 Å². The van der Waals surface area contributed by atoms with Gasteiger partial charge in [0.2, 0.25) is 0 Å². The summed E-state index contributed by atoms with van der Waals surface area (Å²) < 4.78 is 0. The molecule has 1 heterocycles. The fourth-order valence-electron chi connectivity index (χ4n) is 1.69. The Hall–Kier alpha value is -2.11. The summed E-state index contributed by atoms with van der Waals surface area (Å²) in [6.45, 7) is 2.02. The molecule has 1 atom stereocenters. The van der Waals surface area contributed by atoms with Crippen molar-refractivity contribution in [1.29, 1.82) is 0 Å². The maximum atomic E-state index is 12.2. The van der Waals surface area contributed by atoms with Crippen molar-refractivity contribution in [3.63, 3.8) is 0 Å². The van der Waals surface area contributed by atoms with Crippen molar-refractivity contribution in [1.82, 2.24) is 4.98 Å². The average molecular weight is 306 g/mol. The first-order chi connectivity index (χ1) is 10.1. The van der Waals surface area contributed by atoms with Crippen molar-refractivity contribution in [2.24, 2.45) is 0 Å². The third-order valence-corrected chi connectivity index (χ3v) is 2.98. The zero-order valence-electron chi connectivity index (χ0n) is 11.5. The van der Waals surface area contributed by atoms with Gasteiger partial charge < -0.3 is 15.7 Å². The number of rotatable bonds is 5. The lowest BCUT2D eigenvalue weighted by atomic mass is 10.2. The van der Waals surface area contributed by atoms with Crippen molar-refractivity contribution < 1.29 is 9.90 Å². The largest absolute Gasteiger partial charge is 0.392 e. The maximum absolute atomic E-state index is 12.2. The van der Waals surface area contributed by atoms with E-state index in [9.17, 15) is 9.90 Å². The van der Waals surface area contributed by atoms with E-state index in [-0.39, 0.29) is 5.91 Å². The number of anilines is 2. The molecule has 5 nitrogen and oxygen atoms in total. The molecule has 1 aromatic carbocycles. The summed E-state index contributed by atoms with van der Waals surface area (Å²) in [6, 6.07) is 10.1. The molecular formula is C15H16ClN3O2. The lowest BCUT2D eigenvalue weighted by molar-refractivity contribution is 0.102. The molecule has 1 aromatic heterocycles. The second kappa shape index (κ2) is 7.06. The highest BCUT2D eigenvalue weighted by Gasteiger charge is 2.10. The highest BCUT2D eigenvalue weighted by atomic mass is 35.5. The second-order valence-electron chi connectivity index (χ2n) is 4.59. The minimum Gasteiger partial charge on any atom is -0.392 e. The molecule has 1 unspecified atom stereocenters. The Morgan fingerprint density at radius 3 is 2.71 bits per heavy atom. The predicted molar refractivity (Wildman–Crippen MR) is 83.8 cm³/mol. The number of aliphatic hydroxyl groups excluding tert-OH is 1. The van der Waals surface area contributed by atoms with Gasteiger partial charge in [-0.3, -0.25) is 4.79 Å². The molecule has 0 radical (unpaired) electrons. The third kappa shape index (κ3) is 4.44. The Bertz CT molecular complexity index is 615. The number of benzene rings is 1. The van der Waals surface area contributed by atoms with Gasteiger partial charge in [0.1, 0.15) is 5.82 Å². The zero-order valence-corrected chi connectivity index (χ0v) is 12.3. The molecule has 1 amide bonds.